The lowest BCUT2D eigenvalue weighted by Crippen LogP contribution is -2.27. The Kier molecular flexibility index (Phi) is 6.99. The zero-order chi connectivity index (χ0) is 13.5. The Bertz CT molecular complexity index is 260. The first kappa shape index (κ1) is 16.1. The van der Waals surface area contributed by atoms with Gasteiger partial charge in [0.15, 0.2) is 6.29 Å². The van der Waals surface area contributed by atoms with Crippen molar-refractivity contribution in [3.8, 4) is 0 Å². The largest absolute Gasteiger partial charge is 0.463 e. The van der Waals surface area contributed by atoms with Gasteiger partial charge in [-0.05, 0) is 27.2 Å². The van der Waals surface area contributed by atoms with Crippen LogP contribution in [0.4, 0.5) is 0 Å². The Morgan fingerprint density at radius 2 is 1.88 bits per heavy atom. The van der Waals surface area contributed by atoms with Gasteiger partial charge in [-0.1, -0.05) is 6.92 Å². The molecular weight excluding hydrogens is 224 g/mol. The molecule has 5 nitrogen and oxygen atoms in total. The number of ether oxygens (including phenoxy) is 2. The second-order valence-corrected chi connectivity index (χ2v) is 4.60. The van der Waals surface area contributed by atoms with Crippen LogP contribution in [0, 0.1) is 5.41 Å². The molecule has 1 atom stereocenters. The number of carbonyl (C=O) groups excluding carboxylic acids is 2. The smallest absolute Gasteiger partial charge is 0.311 e. The Hall–Kier alpha value is -0.940. The third-order valence-electron chi connectivity index (χ3n) is 2.53. The van der Waals surface area contributed by atoms with E-state index >= 15 is 0 Å². The topological polar surface area (TPSA) is 72.8 Å². The fourth-order valence-electron chi connectivity index (χ4n) is 0.963. The van der Waals surface area contributed by atoms with Crippen LogP contribution >= 0.6 is 0 Å². The number of Topliss-reactive ketones (excluding diaryl/α,β-unsaturated/α-hetero) is 1. The molecule has 5 heteroatoms. The number of ketones is 1. The first-order valence-corrected chi connectivity index (χ1v) is 5.76. The van der Waals surface area contributed by atoms with Crippen molar-refractivity contribution in [3.63, 3.8) is 0 Å². The summed E-state index contributed by atoms with van der Waals surface area (Å²) in [4.78, 5) is 22.2. The molecule has 0 aromatic heterocycles. The predicted octanol–water partition coefficient (Wildman–Crippen LogP) is 1.28. The third kappa shape index (κ3) is 7.07. The van der Waals surface area contributed by atoms with Crippen molar-refractivity contribution in [2.24, 2.45) is 5.41 Å². The Morgan fingerprint density at radius 1 is 1.29 bits per heavy atom. The molecule has 0 aromatic carbocycles. The van der Waals surface area contributed by atoms with Crippen LogP contribution in [0.2, 0.25) is 0 Å². The zero-order valence-electron chi connectivity index (χ0n) is 11.0. The Labute approximate surface area is 102 Å². The van der Waals surface area contributed by atoms with Gasteiger partial charge in [-0.2, -0.15) is 0 Å². The van der Waals surface area contributed by atoms with E-state index in [0.29, 0.717) is 6.42 Å². The summed E-state index contributed by atoms with van der Waals surface area (Å²) < 4.78 is 9.90. The summed E-state index contributed by atoms with van der Waals surface area (Å²) in [5.41, 5.74) is -0.502. The lowest BCUT2D eigenvalue weighted by atomic mass is 9.91. The standard InChI is InChI=1S/C12H22O5/c1-5-12(3,4)11(15)17-7-6-16-10(14)8-9(2)13/h10,14H,5-8H2,1-4H3. The molecule has 0 fully saturated rings. The lowest BCUT2D eigenvalue weighted by Gasteiger charge is -2.20. The first-order valence-electron chi connectivity index (χ1n) is 5.76. The molecule has 1 unspecified atom stereocenters. The minimum Gasteiger partial charge on any atom is -0.463 e. The highest BCUT2D eigenvalue weighted by molar-refractivity contribution is 5.76. The molecule has 0 spiro atoms. The van der Waals surface area contributed by atoms with Gasteiger partial charge in [0.1, 0.15) is 12.4 Å². The highest BCUT2D eigenvalue weighted by Gasteiger charge is 2.26. The summed E-state index contributed by atoms with van der Waals surface area (Å²) in [5, 5.41) is 9.21. The minimum atomic E-state index is -1.12. The molecule has 0 rings (SSSR count). The highest BCUT2D eigenvalue weighted by Crippen LogP contribution is 2.21. The number of esters is 1. The van der Waals surface area contributed by atoms with Crippen LogP contribution in [-0.2, 0) is 19.1 Å². The fourth-order valence-corrected chi connectivity index (χ4v) is 0.963. The van der Waals surface area contributed by atoms with Gasteiger partial charge in [-0.15, -0.1) is 0 Å². The van der Waals surface area contributed by atoms with Gasteiger partial charge in [0.2, 0.25) is 0 Å². The second-order valence-electron chi connectivity index (χ2n) is 4.60. The van der Waals surface area contributed by atoms with Gasteiger partial charge >= 0.3 is 5.97 Å². The molecule has 17 heavy (non-hydrogen) atoms. The van der Waals surface area contributed by atoms with Gasteiger partial charge in [0, 0.05) is 0 Å². The molecule has 0 amide bonds. The Morgan fingerprint density at radius 3 is 2.35 bits per heavy atom. The molecule has 0 radical (unpaired) electrons. The molecule has 0 saturated heterocycles. The fraction of sp³-hybridized carbons (Fsp3) is 0.833. The van der Waals surface area contributed by atoms with Gasteiger partial charge in [0.25, 0.3) is 0 Å². The van der Waals surface area contributed by atoms with Crippen molar-refractivity contribution in [1.82, 2.24) is 0 Å². The van der Waals surface area contributed by atoms with Crippen LogP contribution < -0.4 is 0 Å². The lowest BCUT2D eigenvalue weighted by molar-refractivity contribution is -0.162. The molecule has 100 valence electrons. The molecule has 1 N–H and O–H groups in total. The van der Waals surface area contributed by atoms with Gasteiger partial charge in [-0.3, -0.25) is 9.59 Å². The van der Waals surface area contributed by atoms with Crippen molar-refractivity contribution < 1.29 is 24.2 Å². The number of rotatable bonds is 8. The normalized spacial score (nSPS) is 13.2. The maximum absolute atomic E-state index is 11.5. The maximum Gasteiger partial charge on any atom is 0.311 e. The van der Waals surface area contributed by atoms with Gasteiger partial charge in [-0.25, -0.2) is 0 Å². The van der Waals surface area contributed by atoms with Crippen LogP contribution in [0.5, 0.6) is 0 Å². The molecule has 0 bridgehead atoms. The van der Waals surface area contributed by atoms with E-state index in [1.807, 2.05) is 6.92 Å². The summed E-state index contributed by atoms with van der Waals surface area (Å²) >= 11 is 0. The van der Waals surface area contributed by atoms with Crippen LogP contribution in [0.3, 0.4) is 0 Å². The average molecular weight is 246 g/mol. The molecular formula is C12H22O5. The summed E-state index contributed by atoms with van der Waals surface area (Å²) in [6, 6.07) is 0. The van der Waals surface area contributed by atoms with E-state index in [2.05, 4.69) is 0 Å². The summed E-state index contributed by atoms with van der Waals surface area (Å²) in [6.07, 6.45) is -0.473. The van der Waals surface area contributed by atoms with Crippen LogP contribution in [0.1, 0.15) is 40.5 Å². The molecule has 0 heterocycles. The average Bonchev–Trinajstić information content (AvgIpc) is 2.23. The zero-order valence-corrected chi connectivity index (χ0v) is 11.0. The van der Waals surface area contributed by atoms with Crippen molar-refractivity contribution >= 4 is 11.8 Å². The van der Waals surface area contributed by atoms with Crippen LogP contribution in [0.25, 0.3) is 0 Å². The van der Waals surface area contributed by atoms with Gasteiger partial charge < -0.3 is 14.6 Å². The summed E-state index contributed by atoms with van der Waals surface area (Å²) in [5.74, 6) is -0.439. The molecule has 0 aliphatic carbocycles. The number of hydrogen-bond acceptors (Lipinski definition) is 5. The van der Waals surface area contributed by atoms with E-state index in [4.69, 9.17) is 9.47 Å². The van der Waals surface area contributed by atoms with E-state index < -0.39 is 11.7 Å². The Balaban J connectivity index is 3.72. The molecule has 0 aromatic rings. The highest BCUT2D eigenvalue weighted by atomic mass is 16.6. The van der Waals surface area contributed by atoms with E-state index in [9.17, 15) is 14.7 Å². The van der Waals surface area contributed by atoms with E-state index in [1.54, 1.807) is 13.8 Å². The predicted molar refractivity (Wildman–Crippen MR) is 62.3 cm³/mol. The van der Waals surface area contributed by atoms with Gasteiger partial charge in [0.05, 0.1) is 18.4 Å². The van der Waals surface area contributed by atoms with Crippen molar-refractivity contribution in [3.05, 3.63) is 0 Å². The SMILES string of the molecule is CCC(C)(C)C(=O)OCCOC(O)CC(C)=O. The third-order valence-corrected chi connectivity index (χ3v) is 2.53. The van der Waals surface area contributed by atoms with Crippen molar-refractivity contribution in [2.45, 2.75) is 46.8 Å². The minimum absolute atomic E-state index is 0.0472. The number of carbonyl (C=O) groups is 2. The van der Waals surface area contributed by atoms with Crippen LogP contribution in [0.15, 0.2) is 0 Å². The maximum atomic E-state index is 11.5. The molecule has 0 aliphatic rings. The number of hydrogen-bond donors (Lipinski definition) is 1. The van der Waals surface area contributed by atoms with E-state index in [1.165, 1.54) is 6.92 Å². The monoisotopic (exact) mass is 246 g/mol. The second kappa shape index (κ2) is 7.40. The van der Waals surface area contributed by atoms with E-state index in [-0.39, 0.29) is 31.4 Å². The van der Waals surface area contributed by atoms with Crippen molar-refractivity contribution in [2.75, 3.05) is 13.2 Å². The quantitative estimate of drug-likeness (QED) is 0.397. The summed E-state index contributed by atoms with van der Waals surface area (Å²) in [7, 11) is 0. The number of aliphatic hydroxyl groups excluding tert-OH is 1. The summed E-state index contributed by atoms with van der Waals surface area (Å²) in [6.45, 7) is 7.06. The van der Waals surface area contributed by atoms with E-state index in [0.717, 1.165) is 0 Å². The molecule has 0 aliphatic heterocycles. The first-order chi connectivity index (χ1) is 7.79. The van der Waals surface area contributed by atoms with Crippen LogP contribution in [-0.4, -0.2) is 36.4 Å². The number of aliphatic hydroxyl groups is 1. The molecule has 0 saturated carbocycles. The van der Waals surface area contributed by atoms with Crippen molar-refractivity contribution in [1.29, 1.82) is 0 Å².